The number of anilines is 1. The van der Waals surface area contributed by atoms with Gasteiger partial charge < -0.3 is 86.2 Å². The van der Waals surface area contributed by atoms with Gasteiger partial charge in [-0.3, -0.25) is 68.1 Å². The lowest BCUT2D eigenvalue weighted by atomic mass is 10.0. The van der Waals surface area contributed by atoms with Crippen molar-refractivity contribution in [1.82, 2.24) is 54.7 Å². The minimum Gasteiger partial charge on any atom is -1.00 e. The van der Waals surface area contributed by atoms with Crippen molar-refractivity contribution < 1.29 is 136 Å². The van der Waals surface area contributed by atoms with Crippen molar-refractivity contribution in [2.24, 2.45) is 10.7 Å². The van der Waals surface area contributed by atoms with Gasteiger partial charge in [0.25, 0.3) is 17.7 Å². The summed E-state index contributed by atoms with van der Waals surface area (Å²) in [5.41, 5.74) is 15.3. The highest BCUT2D eigenvalue weighted by atomic mass is 35.5. The normalized spacial score (nSPS) is 19.0. The fraction of sp³-hybridized carbons (Fsp3) is 0.293. The number of rotatable bonds is 22. The van der Waals surface area contributed by atoms with Crippen LogP contribution in [-0.2, 0) is 101 Å². The van der Waals surface area contributed by atoms with Crippen LogP contribution in [-0.4, -0.2) is 268 Å². The van der Waals surface area contributed by atoms with Crippen LogP contribution < -0.4 is 71.7 Å². The van der Waals surface area contributed by atoms with Gasteiger partial charge in [0.05, 0.1) is 73.1 Å². The number of halogens is 2. The molecular formula is C92H90Cl2N14O23S6. The second-order valence-electron chi connectivity index (χ2n) is 31.7. The van der Waals surface area contributed by atoms with Crippen molar-refractivity contribution in [3.05, 3.63) is 235 Å². The van der Waals surface area contributed by atoms with E-state index in [1.807, 2.05) is 180 Å². The Bertz CT molecular complexity index is 6610. The molecule has 0 aromatic heterocycles. The highest BCUT2D eigenvalue weighted by Crippen LogP contribution is 2.45. The lowest BCUT2D eigenvalue weighted by Crippen LogP contribution is -3.00. The number of esters is 2. The Kier molecular flexibility index (Phi) is 35.1. The number of hydrogen-bond acceptors (Lipinski definition) is 29. The molecule has 5 aromatic rings. The minimum atomic E-state index is -1.30. The van der Waals surface area contributed by atoms with Crippen LogP contribution in [0.4, 0.5) is 16.2 Å². The molecule has 12 aliphatic rings. The molecule has 8 amide bonds. The number of aliphatic carboxylic acids is 4. The molecule has 8 atom stereocenters. The summed E-state index contributed by atoms with van der Waals surface area (Å²) < 4.78 is 21.1. The maximum atomic E-state index is 13.0. The summed E-state index contributed by atoms with van der Waals surface area (Å²) in [5.74, 6) is -7.58. The number of aliphatic hydroxyl groups excluding tert-OH is 1. The van der Waals surface area contributed by atoms with E-state index in [2.05, 4.69) is 49.0 Å². The molecule has 5 aromatic carbocycles. The Hall–Kier alpha value is -13.2. The van der Waals surface area contributed by atoms with E-state index in [-0.39, 0.29) is 116 Å². The van der Waals surface area contributed by atoms with E-state index >= 15 is 0 Å². The smallest absolute Gasteiger partial charge is 0.411 e. The zero-order valence-corrected chi connectivity index (χ0v) is 80.6. The van der Waals surface area contributed by atoms with Gasteiger partial charge in [0.15, 0.2) is 0 Å². The SMILES string of the molecule is CC(=O)OCC1=C(C(=O)O)N2C(=O)C(N)C2SC1.CC(=O)OCC1=C(C(=O)O)N2C(=O)C(NC(=O)Cc3ccccc3)C2SC1.Cc1cc2nc3ccc(=[N+](C)C)cc-3sc2cc1N=C=O.Cc1cc2nc3ccc(=[N+](C)C)cc-3sc2cc1NC(=O)OCC1=C(C(=O)O)N2C(=O)C(NC(=O)Cc3ccccc3)C2SC1.O=C(Cc1ccccc1)NC1C(=O)N2C(C(=O)O)=C(CO)CSC12.[Cl-].[Cl-]. The summed E-state index contributed by atoms with van der Waals surface area (Å²) >= 11 is 8.57. The lowest BCUT2D eigenvalue weighted by Gasteiger charge is -2.49. The van der Waals surface area contributed by atoms with Crippen molar-refractivity contribution in [3.63, 3.8) is 0 Å². The number of isocyanates is 1. The number of nitrogens with one attached hydrogen (secondary N) is 4. The van der Waals surface area contributed by atoms with Crippen molar-refractivity contribution >= 4 is 191 Å². The van der Waals surface area contributed by atoms with Crippen molar-refractivity contribution in [2.45, 2.75) is 92.6 Å². The first-order chi connectivity index (χ1) is 64.5. The summed E-state index contributed by atoms with van der Waals surface area (Å²) in [6.45, 7) is 5.24. The third-order valence-electron chi connectivity index (χ3n) is 21.9. The molecule has 0 radical (unpaired) electrons. The fourth-order valence-corrected chi connectivity index (χ4v) is 22.5. The Morgan fingerprint density at radius 3 is 1.17 bits per heavy atom. The molecule has 45 heteroatoms. The number of hydrogen-bond donors (Lipinski definition) is 10. The predicted octanol–water partition coefficient (Wildman–Crippen LogP) is -0.391. The summed E-state index contributed by atoms with van der Waals surface area (Å²) in [4.78, 5) is 198. The Balaban J connectivity index is 0.000000171. The average Bonchev–Trinajstić information content (AvgIpc) is 0.737. The molecule has 0 bridgehead atoms. The summed E-state index contributed by atoms with van der Waals surface area (Å²) in [6.07, 6.45) is 1.26. The molecule has 10 aliphatic heterocycles. The number of β-lactam (4-membered cyclic amide) rings is 4. The topological polar surface area (TPSA) is 516 Å². The van der Waals surface area contributed by atoms with Crippen molar-refractivity contribution in [3.8, 4) is 21.1 Å². The quantitative estimate of drug-likeness (QED) is 0.00785. The molecule has 10 heterocycles. The number of aliphatic imine (C=N–C) groups is 1. The standard InChI is InChI=1S/C32H29N5O6S2.C18H18N2O6S.C16H14N3OS.C16H16N2O5S.C10H12N2O5S.2ClH/c1-17-11-23-25(45-24-13-20(36(2)3)9-10-21(24)33-23)14-22(17)34-32(42)43-15-19-16-44-30-27(29(39)37(30)28(19)31(40)41)35-26(38)12-18-7-5-4-6-8-18;1-10(21)26-8-12-9-27-17-14(16(23)20(17)15(12)18(24)25)19-13(22)7-11-5-3-2-4-6-11;1-10-6-14-16(8-13(10)17-9-20)21-15-7-11(19(2)3)4-5-12(15)18-14;19-7-10-8-24-15-12(14(21)18(15)13(10)16(22)23)17-11(20)6-9-4-2-1-3-5-9;1-4(13)17-2-5-3-18-9-6(11)8(14)12(9)7(5)10(15)16;;/h4-11,13-14,27,30H,12,15-16H2,1-3H3,(H2,35,38,40,41);2-6,14,17H,7-9H2,1H3,(H,19,22)(H,24,25);4-8H,1-3H3;1-5,12,15,19H,6-8H2,(H,17,20)(H,22,23);6,9H,2-3,11H2,1H3,(H,15,16);2*1H/q;;+1;;;;/p-1. The highest BCUT2D eigenvalue weighted by Gasteiger charge is 2.58. The number of carbonyl (C=O) groups is 14. The molecule has 2 aliphatic carbocycles. The highest BCUT2D eigenvalue weighted by molar-refractivity contribution is 8.01. The molecule has 137 heavy (non-hydrogen) atoms. The van der Waals surface area contributed by atoms with Crippen LogP contribution in [0, 0.1) is 13.8 Å². The van der Waals surface area contributed by atoms with E-state index < -0.39 is 112 Å². The zero-order chi connectivity index (χ0) is 97.1. The molecule has 0 spiro atoms. The number of carboxylic acid groups (broad SMARTS) is 4. The minimum absolute atomic E-state index is 0. The number of aromatic nitrogens is 2. The molecule has 0 saturated carbocycles. The van der Waals surface area contributed by atoms with Gasteiger partial charge in [0, 0.05) is 83.5 Å². The van der Waals surface area contributed by atoms with Gasteiger partial charge in [0.1, 0.15) is 116 Å². The van der Waals surface area contributed by atoms with E-state index in [1.165, 1.54) is 65.8 Å². The number of benzene rings is 7. The first-order valence-corrected chi connectivity index (χ1v) is 47.3. The number of fused-ring (bicyclic) bond motifs is 8. The number of nitrogens with two attached hydrogens (primary N) is 1. The Morgan fingerprint density at radius 1 is 0.467 bits per heavy atom. The van der Waals surface area contributed by atoms with E-state index in [1.54, 1.807) is 28.8 Å². The third-order valence-corrected chi connectivity index (χ3v) is 29.5. The van der Waals surface area contributed by atoms with Crippen LogP contribution in [0.15, 0.2) is 202 Å². The molecule has 8 unspecified atom stereocenters. The molecule has 4 fully saturated rings. The first kappa shape index (κ1) is 104. The first-order valence-electron chi connectivity index (χ1n) is 41.5. The largest absolute Gasteiger partial charge is 1.00 e. The van der Waals surface area contributed by atoms with Crippen molar-refractivity contribution in [2.75, 3.05) is 82.9 Å². The van der Waals surface area contributed by atoms with Crippen LogP contribution in [0.1, 0.15) is 41.7 Å². The summed E-state index contributed by atoms with van der Waals surface area (Å²) in [6, 6.07) is 44.3. The number of thioether (sulfide) groups is 4. The predicted molar refractivity (Wildman–Crippen MR) is 505 cm³/mol. The maximum Gasteiger partial charge on any atom is 0.411 e. The van der Waals surface area contributed by atoms with E-state index in [4.69, 9.17) is 35.0 Å². The van der Waals surface area contributed by atoms with Crippen LogP contribution in [0.25, 0.3) is 41.6 Å². The monoisotopic (exact) mass is 2020 g/mol. The van der Waals surface area contributed by atoms with Gasteiger partial charge in [-0.2, -0.15) is 4.99 Å². The number of ether oxygens (including phenoxy) is 3. The average molecular weight is 2020 g/mol. The molecule has 37 nitrogen and oxygen atoms in total. The number of amides is 8. The second-order valence-corrected chi connectivity index (χ2v) is 38.3. The van der Waals surface area contributed by atoms with Gasteiger partial charge >= 0.3 is 41.9 Å². The summed E-state index contributed by atoms with van der Waals surface area (Å²) in [7, 11) is 7.98. The van der Waals surface area contributed by atoms with Crippen molar-refractivity contribution in [1.29, 1.82) is 0 Å². The molecule has 17 rings (SSSR count). The number of nitrogens with zero attached hydrogens (tertiary/aromatic N) is 9. The number of aryl methyl sites for hydroxylation is 2. The molecular weight excluding hydrogens is 1930 g/mol. The van der Waals surface area contributed by atoms with Crippen LogP contribution in [0.3, 0.4) is 0 Å². The van der Waals surface area contributed by atoms with Gasteiger partial charge in [0.2, 0.25) is 40.4 Å². The second kappa shape index (κ2) is 46.1. The van der Waals surface area contributed by atoms with E-state index in [9.17, 15) is 92.3 Å². The Labute approximate surface area is 819 Å². The maximum absolute atomic E-state index is 13.0. The van der Waals surface area contributed by atoms with Gasteiger partial charge in [-0.25, -0.2) is 47.9 Å². The molecule has 716 valence electrons. The number of carbonyl (C=O) groups excluding carboxylic acids is 11. The lowest BCUT2D eigenvalue weighted by molar-refractivity contribution is -0.151. The molecule has 4 saturated heterocycles. The van der Waals surface area contributed by atoms with Gasteiger partial charge in [-0.15, -0.1) is 69.7 Å². The third kappa shape index (κ3) is 24.1. The van der Waals surface area contributed by atoms with Crippen LogP contribution in [0.5, 0.6) is 0 Å². The van der Waals surface area contributed by atoms with Gasteiger partial charge in [-0.1, -0.05) is 91.0 Å². The fourth-order valence-electron chi connectivity index (χ4n) is 15.2. The number of carboxylic acids is 4. The van der Waals surface area contributed by atoms with E-state index in [0.29, 0.717) is 50.9 Å². The van der Waals surface area contributed by atoms with Crippen LogP contribution >= 0.6 is 69.7 Å². The summed E-state index contributed by atoms with van der Waals surface area (Å²) in [5, 5.41) is 58.4. The van der Waals surface area contributed by atoms with Gasteiger partial charge in [-0.05, 0) is 83.6 Å². The van der Waals surface area contributed by atoms with E-state index in [0.717, 1.165) is 94.8 Å². The molecule has 11 N–H and O–H groups in total. The van der Waals surface area contributed by atoms with Crippen LogP contribution in [0.2, 0.25) is 0 Å². The Morgan fingerprint density at radius 2 is 0.810 bits per heavy atom. The number of aliphatic hydroxyl groups is 1. The zero-order valence-electron chi connectivity index (χ0n) is 74.2.